The molecule has 0 unspecified atom stereocenters. The van der Waals surface area contributed by atoms with Gasteiger partial charge in [0.2, 0.25) is 0 Å². The van der Waals surface area contributed by atoms with Crippen molar-refractivity contribution in [2.24, 2.45) is 0 Å². The van der Waals surface area contributed by atoms with Crippen LogP contribution in [0.3, 0.4) is 0 Å². The maximum Gasteiger partial charge on any atom is 0.281 e. The Morgan fingerprint density at radius 1 is 1.42 bits per heavy atom. The van der Waals surface area contributed by atoms with Gasteiger partial charge < -0.3 is 5.73 Å². The lowest BCUT2D eigenvalue weighted by Crippen LogP contribution is -2.28. The van der Waals surface area contributed by atoms with Crippen molar-refractivity contribution in [1.29, 1.82) is 0 Å². The molecule has 0 aliphatic heterocycles. The van der Waals surface area contributed by atoms with Crippen molar-refractivity contribution in [1.82, 2.24) is 15.2 Å². The van der Waals surface area contributed by atoms with E-state index in [0.717, 1.165) is 5.69 Å². The molecule has 2 heterocycles. The first-order valence-corrected chi connectivity index (χ1v) is 6.05. The molecule has 2 rings (SSSR count). The summed E-state index contributed by atoms with van der Waals surface area (Å²) in [6, 6.07) is 5.37. The van der Waals surface area contributed by atoms with Crippen molar-refractivity contribution in [3.63, 3.8) is 0 Å². The summed E-state index contributed by atoms with van der Waals surface area (Å²) < 4.78 is 0. The fraction of sp³-hybridized carbons (Fsp3) is 0.308. The molecular weight excluding hydrogens is 242 g/mol. The van der Waals surface area contributed by atoms with Crippen LogP contribution in [0.1, 0.15) is 35.9 Å². The molecule has 0 saturated heterocycles. The molecule has 0 spiro atoms. The number of pyridine rings is 1. The Labute approximate surface area is 111 Å². The van der Waals surface area contributed by atoms with Crippen LogP contribution in [0.4, 0.5) is 11.5 Å². The van der Waals surface area contributed by atoms with Crippen molar-refractivity contribution >= 4 is 17.4 Å². The van der Waals surface area contributed by atoms with Gasteiger partial charge in [0.25, 0.3) is 5.91 Å². The number of nitrogens with two attached hydrogens (primary N) is 1. The van der Waals surface area contributed by atoms with E-state index >= 15 is 0 Å². The fourth-order valence-corrected chi connectivity index (χ4v) is 1.78. The van der Waals surface area contributed by atoms with Crippen molar-refractivity contribution in [2.75, 3.05) is 17.7 Å². The standard InChI is InChI=1S/C13H17N5O/c1-8(2)11-10(14)12(17-16-11)13(19)18(3)9-6-4-5-7-15-9/h4-8H,14H2,1-3H3,(H,16,17). The minimum absolute atomic E-state index is 0.189. The van der Waals surface area contributed by atoms with Gasteiger partial charge in [-0.05, 0) is 18.1 Å². The molecule has 0 saturated carbocycles. The van der Waals surface area contributed by atoms with Crippen molar-refractivity contribution in [2.45, 2.75) is 19.8 Å². The van der Waals surface area contributed by atoms with Crippen molar-refractivity contribution in [3.05, 3.63) is 35.8 Å². The largest absolute Gasteiger partial charge is 0.395 e. The maximum absolute atomic E-state index is 12.3. The summed E-state index contributed by atoms with van der Waals surface area (Å²) in [5.74, 6) is 0.467. The number of hydrogen-bond donors (Lipinski definition) is 2. The highest BCUT2D eigenvalue weighted by molar-refractivity contribution is 6.07. The molecule has 0 bridgehead atoms. The van der Waals surface area contributed by atoms with Crippen LogP contribution in [0.25, 0.3) is 0 Å². The zero-order chi connectivity index (χ0) is 14.0. The molecule has 1 amide bonds. The molecule has 6 heteroatoms. The van der Waals surface area contributed by atoms with Crippen molar-refractivity contribution in [3.8, 4) is 0 Å². The van der Waals surface area contributed by atoms with Gasteiger partial charge in [-0.1, -0.05) is 19.9 Å². The van der Waals surface area contributed by atoms with E-state index in [1.807, 2.05) is 19.9 Å². The number of rotatable bonds is 3. The van der Waals surface area contributed by atoms with Gasteiger partial charge >= 0.3 is 0 Å². The first-order valence-electron chi connectivity index (χ1n) is 6.05. The lowest BCUT2D eigenvalue weighted by atomic mass is 10.1. The lowest BCUT2D eigenvalue weighted by molar-refractivity contribution is 0.0988. The molecule has 6 nitrogen and oxygen atoms in total. The predicted molar refractivity (Wildman–Crippen MR) is 74.1 cm³/mol. The zero-order valence-electron chi connectivity index (χ0n) is 11.2. The predicted octanol–water partition coefficient (Wildman–Crippen LogP) is 1.79. The number of nitrogens with one attached hydrogen (secondary N) is 1. The Morgan fingerprint density at radius 3 is 2.68 bits per heavy atom. The highest BCUT2D eigenvalue weighted by Crippen LogP contribution is 2.23. The SMILES string of the molecule is CC(C)c1[nH]nc(C(=O)N(C)c2ccccn2)c1N. The number of nitrogen functional groups attached to an aromatic ring is 1. The second-order valence-corrected chi connectivity index (χ2v) is 4.61. The zero-order valence-corrected chi connectivity index (χ0v) is 11.2. The van der Waals surface area contributed by atoms with Crippen LogP contribution in [-0.2, 0) is 0 Å². The summed E-state index contributed by atoms with van der Waals surface area (Å²) in [6.45, 7) is 3.97. The number of aromatic nitrogens is 3. The fourth-order valence-electron chi connectivity index (χ4n) is 1.78. The molecule has 3 N–H and O–H groups in total. The number of H-pyrrole nitrogens is 1. The highest BCUT2D eigenvalue weighted by Gasteiger charge is 2.22. The maximum atomic E-state index is 12.3. The van der Waals surface area contributed by atoms with Crippen LogP contribution < -0.4 is 10.6 Å². The molecule has 0 atom stereocenters. The Kier molecular flexibility index (Phi) is 3.50. The molecule has 0 aliphatic rings. The summed E-state index contributed by atoms with van der Waals surface area (Å²) in [6.07, 6.45) is 1.63. The summed E-state index contributed by atoms with van der Waals surface area (Å²) in [4.78, 5) is 17.9. The van der Waals surface area contributed by atoms with Gasteiger partial charge in [0.15, 0.2) is 5.69 Å². The molecule has 2 aromatic heterocycles. The minimum Gasteiger partial charge on any atom is -0.395 e. The van der Waals surface area contributed by atoms with E-state index in [1.165, 1.54) is 4.90 Å². The minimum atomic E-state index is -0.278. The van der Waals surface area contributed by atoms with Crippen LogP contribution >= 0.6 is 0 Å². The lowest BCUT2D eigenvalue weighted by Gasteiger charge is -2.14. The second kappa shape index (κ2) is 5.09. The smallest absolute Gasteiger partial charge is 0.281 e. The monoisotopic (exact) mass is 259 g/mol. The van der Waals surface area contributed by atoms with E-state index in [4.69, 9.17) is 5.73 Å². The average Bonchev–Trinajstić information content (AvgIpc) is 2.80. The summed E-state index contributed by atoms with van der Waals surface area (Å²) in [5, 5.41) is 6.83. The third-order valence-corrected chi connectivity index (χ3v) is 2.91. The molecule has 100 valence electrons. The van der Waals surface area contributed by atoms with Crippen LogP contribution in [0.5, 0.6) is 0 Å². The van der Waals surface area contributed by atoms with Crippen molar-refractivity contribution < 1.29 is 4.79 Å². The molecule has 0 radical (unpaired) electrons. The van der Waals surface area contributed by atoms with E-state index in [0.29, 0.717) is 11.5 Å². The van der Waals surface area contributed by atoms with Crippen LogP contribution in [0.15, 0.2) is 24.4 Å². The number of aromatic amines is 1. The normalized spacial score (nSPS) is 10.7. The number of nitrogens with zero attached hydrogens (tertiary/aromatic N) is 3. The summed E-state index contributed by atoms with van der Waals surface area (Å²) >= 11 is 0. The Balaban J connectivity index is 2.30. The van der Waals surface area contributed by atoms with Gasteiger partial charge in [-0.25, -0.2) is 4.98 Å². The topological polar surface area (TPSA) is 87.9 Å². The summed E-state index contributed by atoms with van der Waals surface area (Å²) in [7, 11) is 1.65. The first-order chi connectivity index (χ1) is 9.02. The number of hydrogen-bond acceptors (Lipinski definition) is 4. The number of amides is 1. The number of anilines is 2. The van der Waals surface area contributed by atoms with Crippen LogP contribution in [0, 0.1) is 0 Å². The van der Waals surface area contributed by atoms with E-state index in [1.54, 1.807) is 25.4 Å². The van der Waals surface area contributed by atoms with E-state index in [2.05, 4.69) is 15.2 Å². The Bertz CT molecular complexity index is 576. The van der Waals surface area contributed by atoms with E-state index in [-0.39, 0.29) is 17.5 Å². The van der Waals surface area contributed by atoms with Gasteiger partial charge in [-0.3, -0.25) is 14.8 Å². The van der Waals surface area contributed by atoms with Gasteiger partial charge in [0.1, 0.15) is 5.82 Å². The Hall–Kier alpha value is -2.37. The third-order valence-electron chi connectivity index (χ3n) is 2.91. The second-order valence-electron chi connectivity index (χ2n) is 4.61. The third kappa shape index (κ3) is 2.42. The van der Waals surface area contributed by atoms with Gasteiger partial charge in [0, 0.05) is 13.2 Å². The number of carbonyl (C=O) groups excluding carboxylic acids is 1. The van der Waals surface area contributed by atoms with Gasteiger partial charge in [-0.2, -0.15) is 5.10 Å². The van der Waals surface area contributed by atoms with Crippen LogP contribution in [-0.4, -0.2) is 28.1 Å². The molecule has 0 fully saturated rings. The first kappa shape index (κ1) is 13.1. The highest BCUT2D eigenvalue weighted by atomic mass is 16.2. The van der Waals surface area contributed by atoms with Crippen LogP contribution in [0.2, 0.25) is 0 Å². The molecule has 0 aromatic carbocycles. The quantitative estimate of drug-likeness (QED) is 0.879. The van der Waals surface area contributed by atoms with E-state index in [9.17, 15) is 4.79 Å². The molecule has 0 aliphatic carbocycles. The van der Waals surface area contributed by atoms with E-state index < -0.39 is 0 Å². The number of carbonyl (C=O) groups is 1. The van der Waals surface area contributed by atoms with Gasteiger partial charge in [0.05, 0.1) is 11.4 Å². The molecular formula is C13H17N5O. The average molecular weight is 259 g/mol. The molecule has 2 aromatic rings. The molecule has 19 heavy (non-hydrogen) atoms. The van der Waals surface area contributed by atoms with Gasteiger partial charge in [-0.15, -0.1) is 0 Å². The summed E-state index contributed by atoms with van der Waals surface area (Å²) in [5.41, 5.74) is 7.37. The Morgan fingerprint density at radius 2 is 2.16 bits per heavy atom.